The largest absolute Gasteiger partial charge is 0.497 e. The van der Waals surface area contributed by atoms with Gasteiger partial charge in [-0.1, -0.05) is 48.6 Å². The molecule has 0 saturated carbocycles. The van der Waals surface area contributed by atoms with Crippen LogP contribution in [-0.2, 0) is 6.42 Å². The topological polar surface area (TPSA) is 26.3 Å². The lowest BCUT2D eigenvalue weighted by Crippen LogP contribution is -1.93. The Morgan fingerprint density at radius 2 is 1.83 bits per heavy atom. The van der Waals surface area contributed by atoms with E-state index in [1.807, 2.05) is 49.4 Å². The van der Waals surface area contributed by atoms with Gasteiger partial charge in [-0.05, 0) is 55.2 Å². The van der Waals surface area contributed by atoms with Gasteiger partial charge in [0.1, 0.15) is 5.75 Å². The highest BCUT2D eigenvalue weighted by Gasteiger charge is 2.02. The predicted molar refractivity (Wildman–Crippen MR) is 95.9 cm³/mol. The number of methoxy groups -OCH3 is 1. The molecular formula is C21H22O2. The molecule has 0 radical (unpaired) electrons. The maximum absolute atomic E-state index is 11.5. The first kappa shape index (κ1) is 16.8. The van der Waals surface area contributed by atoms with Gasteiger partial charge in [-0.25, -0.2) is 0 Å². The number of Topliss-reactive ketones (excluding diaryl/α,β-unsaturated/α-hetero) is 1. The molecule has 23 heavy (non-hydrogen) atoms. The molecule has 0 aromatic heterocycles. The molecule has 2 aromatic rings. The van der Waals surface area contributed by atoms with Gasteiger partial charge in [0.05, 0.1) is 7.11 Å². The molecule has 0 saturated heterocycles. The van der Waals surface area contributed by atoms with Crippen LogP contribution in [-0.4, -0.2) is 12.9 Å². The molecule has 2 rings (SSSR count). The van der Waals surface area contributed by atoms with E-state index in [1.165, 1.54) is 0 Å². The first-order chi connectivity index (χ1) is 11.1. The Morgan fingerprint density at radius 3 is 2.43 bits per heavy atom. The van der Waals surface area contributed by atoms with Gasteiger partial charge < -0.3 is 4.74 Å². The van der Waals surface area contributed by atoms with E-state index in [0.29, 0.717) is 0 Å². The minimum Gasteiger partial charge on any atom is -0.497 e. The van der Waals surface area contributed by atoms with Gasteiger partial charge in [0, 0.05) is 5.56 Å². The van der Waals surface area contributed by atoms with Crippen molar-refractivity contribution in [2.75, 3.05) is 7.11 Å². The van der Waals surface area contributed by atoms with Crippen LogP contribution in [0.4, 0.5) is 0 Å². The highest BCUT2D eigenvalue weighted by molar-refractivity contribution is 5.94. The van der Waals surface area contributed by atoms with Gasteiger partial charge >= 0.3 is 0 Å². The molecule has 2 aromatic carbocycles. The van der Waals surface area contributed by atoms with Gasteiger partial charge in [-0.2, -0.15) is 0 Å². The summed E-state index contributed by atoms with van der Waals surface area (Å²) in [7, 11) is 1.67. The van der Waals surface area contributed by atoms with Crippen molar-refractivity contribution in [3.8, 4) is 5.75 Å². The van der Waals surface area contributed by atoms with E-state index < -0.39 is 0 Å². The zero-order valence-corrected chi connectivity index (χ0v) is 13.9. The summed E-state index contributed by atoms with van der Waals surface area (Å²) >= 11 is 0. The number of carbonyl (C=O) groups excluding carboxylic acids is 1. The zero-order valence-electron chi connectivity index (χ0n) is 13.9. The molecule has 0 atom stereocenters. The number of ether oxygens (including phenoxy) is 1. The van der Waals surface area contributed by atoms with E-state index in [9.17, 15) is 4.79 Å². The lowest BCUT2D eigenvalue weighted by atomic mass is 10.0. The van der Waals surface area contributed by atoms with E-state index in [-0.39, 0.29) is 5.78 Å². The SMILES string of the molecule is C/C=C\C(=C/Cc1cccc(C(C)=O)c1)c1ccc(OC)cc1. The smallest absolute Gasteiger partial charge is 0.159 e. The first-order valence-electron chi connectivity index (χ1n) is 7.71. The number of ketones is 1. The Bertz CT molecular complexity index is 722. The third-order valence-corrected chi connectivity index (χ3v) is 3.66. The molecule has 0 amide bonds. The van der Waals surface area contributed by atoms with Gasteiger partial charge in [0.25, 0.3) is 0 Å². The third kappa shape index (κ3) is 4.68. The van der Waals surface area contributed by atoms with E-state index in [1.54, 1.807) is 14.0 Å². The monoisotopic (exact) mass is 306 g/mol. The minimum atomic E-state index is 0.0969. The molecule has 0 fully saturated rings. The van der Waals surface area contributed by atoms with Crippen LogP contribution in [0.2, 0.25) is 0 Å². The normalized spacial score (nSPS) is 11.7. The van der Waals surface area contributed by atoms with Gasteiger partial charge in [0.15, 0.2) is 5.78 Å². The fourth-order valence-electron chi connectivity index (χ4n) is 2.39. The van der Waals surface area contributed by atoms with Crippen LogP contribution in [0.15, 0.2) is 66.8 Å². The molecule has 118 valence electrons. The van der Waals surface area contributed by atoms with Crippen LogP contribution < -0.4 is 4.74 Å². The van der Waals surface area contributed by atoms with Crippen LogP contribution in [0.3, 0.4) is 0 Å². The second kappa shape index (κ2) is 8.14. The van der Waals surface area contributed by atoms with E-state index in [0.717, 1.165) is 34.4 Å². The Hall–Kier alpha value is -2.61. The lowest BCUT2D eigenvalue weighted by Gasteiger charge is -2.06. The quantitative estimate of drug-likeness (QED) is 0.548. The fraction of sp³-hybridized carbons (Fsp3) is 0.190. The summed E-state index contributed by atoms with van der Waals surface area (Å²) in [5.74, 6) is 0.947. The number of hydrogen-bond donors (Lipinski definition) is 0. The standard InChI is InChI=1S/C21H22O2/c1-4-6-18(19-11-13-21(23-3)14-12-19)10-9-17-7-5-8-20(15-17)16(2)22/h4-8,10-15H,9H2,1-3H3/b6-4-,18-10+. The maximum atomic E-state index is 11.5. The van der Waals surface area contributed by atoms with Crippen molar-refractivity contribution in [1.29, 1.82) is 0 Å². The van der Waals surface area contributed by atoms with Gasteiger partial charge in [-0.15, -0.1) is 0 Å². The molecule has 0 bridgehead atoms. The molecule has 0 spiro atoms. The molecular weight excluding hydrogens is 284 g/mol. The first-order valence-corrected chi connectivity index (χ1v) is 7.71. The maximum Gasteiger partial charge on any atom is 0.159 e. The van der Waals surface area contributed by atoms with Crippen molar-refractivity contribution in [2.45, 2.75) is 20.3 Å². The highest BCUT2D eigenvalue weighted by atomic mass is 16.5. The highest BCUT2D eigenvalue weighted by Crippen LogP contribution is 2.21. The summed E-state index contributed by atoms with van der Waals surface area (Å²) in [6.45, 7) is 3.60. The van der Waals surface area contributed by atoms with Crippen molar-refractivity contribution < 1.29 is 9.53 Å². The second-order valence-electron chi connectivity index (χ2n) is 5.35. The molecule has 0 N–H and O–H groups in total. The Labute approximate surface area is 138 Å². The second-order valence-corrected chi connectivity index (χ2v) is 5.35. The number of hydrogen-bond acceptors (Lipinski definition) is 2. The average Bonchev–Trinajstić information content (AvgIpc) is 2.59. The van der Waals surface area contributed by atoms with Crippen LogP contribution in [0.25, 0.3) is 5.57 Å². The zero-order chi connectivity index (χ0) is 16.7. The molecule has 0 unspecified atom stereocenters. The van der Waals surface area contributed by atoms with Crippen LogP contribution in [0, 0.1) is 0 Å². The molecule has 0 heterocycles. The Morgan fingerprint density at radius 1 is 1.09 bits per heavy atom. The number of carbonyl (C=O) groups is 1. The van der Waals surface area contributed by atoms with Crippen LogP contribution >= 0.6 is 0 Å². The number of allylic oxidation sites excluding steroid dienone is 4. The molecule has 2 nitrogen and oxygen atoms in total. The van der Waals surface area contributed by atoms with Crippen molar-refractivity contribution in [1.82, 2.24) is 0 Å². The summed E-state index contributed by atoms with van der Waals surface area (Å²) in [5, 5.41) is 0. The van der Waals surface area contributed by atoms with Crippen molar-refractivity contribution >= 4 is 11.4 Å². The number of rotatable bonds is 6. The number of benzene rings is 2. The van der Waals surface area contributed by atoms with Crippen molar-refractivity contribution in [2.24, 2.45) is 0 Å². The van der Waals surface area contributed by atoms with Crippen LogP contribution in [0.1, 0.15) is 35.3 Å². The third-order valence-electron chi connectivity index (χ3n) is 3.66. The van der Waals surface area contributed by atoms with Crippen molar-refractivity contribution in [3.05, 3.63) is 83.4 Å². The summed E-state index contributed by atoms with van der Waals surface area (Å²) in [6, 6.07) is 15.8. The summed E-state index contributed by atoms with van der Waals surface area (Å²) in [5.41, 5.74) is 4.19. The lowest BCUT2D eigenvalue weighted by molar-refractivity contribution is 0.101. The molecule has 2 heteroatoms. The molecule has 0 aliphatic rings. The summed E-state index contributed by atoms with van der Waals surface area (Å²) < 4.78 is 5.20. The van der Waals surface area contributed by atoms with Gasteiger partial charge in [0.2, 0.25) is 0 Å². The Kier molecular flexibility index (Phi) is 5.93. The average molecular weight is 306 g/mol. The van der Waals surface area contributed by atoms with E-state index in [2.05, 4.69) is 24.3 Å². The molecule has 0 aliphatic carbocycles. The van der Waals surface area contributed by atoms with E-state index in [4.69, 9.17) is 4.74 Å². The predicted octanol–water partition coefficient (Wildman–Crippen LogP) is 5.10. The van der Waals surface area contributed by atoms with E-state index >= 15 is 0 Å². The van der Waals surface area contributed by atoms with Crippen molar-refractivity contribution in [3.63, 3.8) is 0 Å². The van der Waals surface area contributed by atoms with Gasteiger partial charge in [-0.3, -0.25) is 4.79 Å². The minimum absolute atomic E-state index is 0.0969. The summed E-state index contributed by atoms with van der Waals surface area (Å²) in [4.78, 5) is 11.5. The Balaban J connectivity index is 2.24. The summed E-state index contributed by atoms with van der Waals surface area (Å²) in [6.07, 6.45) is 7.09. The fourth-order valence-corrected chi connectivity index (χ4v) is 2.39. The van der Waals surface area contributed by atoms with Crippen LogP contribution in [0.5, 0.6) is 5.75 Å². The molecule has 0 aliphatic heterocycles.